The number of esters is 3. The van der Waals surface area contributed by atoms with Gasteiger partial charge in [0.25, 0.3) is 0 Å². The van der Waals surface area contributed by atoms with Crippen LogP contribution in [0.5, 0.6) is 0 Å². The Hall–Kier alpha value is -4.45. The first kappa shape index (κ1) is 64.5. The molecule has 0 N–H and O–H groups in total. The lowest BCUT2D eigenvalue weighted by Crippen LogP contribution is -2.30. The van der Waals surface area contributed by atoms with E-state index in [1.807, 2.05) is 0 Å². The summed E-state index contributed by atoms with van der Waals surface area (Å²) in [5.41, 5.74) is 0. The number of unbranched alkanes of at least 4 members (excludes halogenated alkanes) is 15. The molecule has 69 heavy (non-hydrogen) atoms. The van der Waals surface area contributed by atoms with Crippen LogP contribution in [0.3, 0.4) is 0 Å². The number of allylic oxidation sites excluding steroid dienone is 22. The van der Waals surface area contributed by atoms with Crippen molar-refractivity contribution in [3.05, 3.63) is 134 Å². The minimum Gasteiger partial charge on any atom is -0.462 e. The summed E-state index contributed by atoms with van der Waals surface area (Å²) in [6, 6.07) is 0. The van der Waals surface area contributed by atoms with E-state index in [0.717, 1.165) is 135 Å². The molecule has 0 aromatic rings. The summed E-state index contributed by atoms with van der Waals surface area (Å²) >= 11 is 0. The van der Waals surface area contributed by atoms with Crippen LogP contribution in [0.25, 0.3) is 0 Å². The molecule has 6 nitrogen and oxygen atoms in total. The lowest BCUT2D eigenvalue weighted by Gasteiger charge is -2.18. The van der Waals surface area contributed by atoms with Gasteiger partial charge in [0.15, 0.2) is 6.10 Å². The smallest absolute Gasteiger partial charge is 0.306 e. The third-order valence-electron chi connectivity index (χ3n) is 11.1. The third kappa shape index (κ3) is 54.4. The highest BCUT2D eigenvalue weighted by atomic mass is 16.6. The van der Waals surface area contributed by atoms with E-state index in [4.69, 9.17) is 14.2 Å². The van der Waals surface area contributed by atoms with Crippen molar-refractivity contribution in [1.29, 1.82) is 0 Å². The number of carbonyl (C=O) groups is 3. The highest BCUT2D eigenvalue weighted by molar-refractivity contribution is 5.71. The lowest BCUT2D eigenvalue weighted by atomic mass is 10.1. The molecule has 0 heterocycles. The molecule has 0 bridgehead atoms. The fourth-order valence-electron chi connectivity index (χ4n) is 7.03. The van der Waals surface area contributed by atoms with Crippen LogP contribution in [0.15, 0.2) is 134 Å². The summed E-state index contributed by atoms with van der Waals surface area (Å²) in [6.45, 7) is 6.31. The molecule has 0 unspecified atom stereocenters. The van der Waals surface area contributed by atoms with Gasteiger partial charge in [-0.3, -0.25) is 14.4 Å². The Morgan fingerprint density at radius 1 is 0.304 bits per heavy atom. The standard InChI is InChI=1S/C63H100O6/c1-4-7-10-13-16-19-22-25-28-30-31-33-35-38-41-44-47-50-53-56-62(65)68-59-60(58-67-61(64)55-52-49-46-43-40-37-34-27-24-21-18-15-12-9-6-3)69-63(66)57-54-51-48-45-42-39-36-32-29-26-23-20-17-14-11-8-5-2/h7,9-10,12,16,18-19,21,25-29,31,33-34,36,38-39,41,45,48,60H,4-6,8,11,13-15,17,20,22-24,30,32,35,37,40,42-44,46-47,49-59H2,1-3H3/b10-7-,12-9-,19-16-,21-18-,28-25-,29-26-,33-31-,34-27-,39-36-,41-38-,48-45-/t60-/m0/s1. The average molecular weight is 953 g/mol. The molecule has 6 heteroatoms. The minimum absolute atomic E-state index is 0.122. The van der Waals surface area contributed by atoms with Crippen molar-refractivity contribution in [1.82, 2.24) is 0 Å². The maximum Gasteiger partial charge on any atom is 0.306 e. The highest BCUT2D eigenvalue weighted by Gasteiger charge is 2.19. The molecular weight excluding hydrogens is 853 g/mol. The molecule has 0 aliphatic heterocycles. The molecule has 0 radical (unpaired) electrons. The fourth-order valence-corrected chi connectivity index (χ4v) is 7.03. The van der Waals surface area contributed by atoms with E-state index in [9.17, 15) is 14.4 Å². The van der Waals surface area contributed by atoms with Crippen molar-refractivity contribution in [2.45, 2.75) is 232 Å². The Bertz CT molecular complexity index is 1510. The molecule has 0 rings (SSSR count). The maximum absolute atomic E-state index is 12.8. The molecule has 0 aliphatic carbocycles. The highest BCUT2D eigenvalue weighted by Crippen LogP contribution is 2.12. The first-order chi connectivity index (χ1) is 34.0. The van der Waals surface area contributed by atoms with Crippen LogP contribution < -0.4 is 0 Å². The van der Waals surface area contributed by atoms with Crippen molar-refractivity contribution < 1.29 is 28.6 Å². The van der Waals surface area contributed by atoms with Gasteiger partial charge in [-0.25, -0.2) is 0 Å². The Labute approximate surface area is 424 Å². The van der Waals surface area contributed by atoms with Gasteiger partial charge in [0, 0.05) is 19.3 Å². The Kier molecular flexibility index (Phi) is 52.5. The van der Waals surface area contributed by atoms with E-state index in [2.05, 4.69) is 154 Å². The third-order valence-corrected chi connectivity index (χ3v) is 11.1. The number of hydrogen-bond acceptors (Lipinski definition) is 6. The fraction of sp³-hybridized carbons (Fsp3) is 0.603. The van der Waals surface area contributed by atoms with Crippen LogP contribution in [0.4, 0.5) is 0 Å². The second-order valence-electron chi connectivity index (χ2n) is 17.7. The summed E-state index contributed by atoms with van der Waals surface area (Å²) in [5, 5.41) is 0. The van der Waals surface area contributed by atoms with Crippen LogP contribution in [0.2, 0.25) is 0 Å². The van der Waals surface area contributed by atoms with Crippen molar-refractivity contribution in [2.75, 3.05) is 13.2 Å². The second-order valence-corrected chi connectivity index (χ2v) is 17.7. The molecule has 0 aliphatic rings. The zero-order valence-corrected chi connectivity index (χ0v) is 44.3. The van der Waals surface area contributed by atoms with Crippen molar-refractivity contribution in [2.24, 2.45) is 0 Å². The maximum atomic E-state index is 12.8. The van der Waals surface area contributed by atoms with E-state index in [0.29, 0.717) is 19.3 Å². The van der Waals surface area contributed by atoms with E-state index in [-0.39, 0.29) is 37.5 Å². The van der Waals surface area contributed by atoms with E-state index in [1.165, 1.54) is 44.9 Å². The molecule has 0 fully saturated rings. The normalized spacial score (nSPS) is 13.1. The molecule has 0 spiro atoms. The van der Waals surface area contributed by atoms with Crippen molar-refractivity contribution in [3.63, 3.8) is 0 Å². The predicted molar refractivity (Wildman–Crippen MR) is 297 cm³/mol. The molecular formula is C63H100O6. The molecule has 0 aromatic heterocycles. The van der Waals surface area contributed by atoms with Crippen LogP contribution in [-0.2, 0) is 28.6 Å². The largest absolute Gasteiger partial charge is 0.462 e. The van der Waals surface area contributed by atoms with Gasteiger partial charge < -0.3 is 14.2 Å². The van der Waals surface area contributed by atoms with Crippen LogP contribution in [0.1, 0.15) is 226 Å². The Balaban J connectivity index is 4.57. The zero-order valence-electron chi connectivity index (χ0n) is 44.3. The van der Waals surface area contributed by atoms with Crippen molar-refractivity contribution in [3.8, 4) is 0 Å². The van der Waals surface area contributed by atoms with Gasteiger partial charge >= 0.3 is 17.9 Å². The predicted octanol–water partition coefficient (Wildman–Crippen LogP) is 18.6. The van der Waals surface area contributed by atoms with Gasteiger partial charge in [0.1, 0.15) is 13.2 Å². The molecule has 0 aromatic carbocycles. The van der Waals surface area contributed by atoms with Gasteiger partial charge in [-0.15, -0.1) is 0 Å². The van der Waals surface area contributed by atoms with Crippen LogP contribution in [0, 0.1) is 0 Å². The zero-order chi connectivity index (χ0) is 50.0. The Morgan fingerprint density at radius 3 is 0.942 bits per heavy atom. The summed E-state index contributed by atoms with van der Waals surface area (Å²) in [6.07, 6.45) is 78.7. The second kappa shape index (κ2) is 56.1. The monoisotopic (exact) mass is 953 g/mol. The first-order valence-corrected chi connectivity index (χ1v) is 27.7. The Morgan fingerprint density at radius 2 is 0.580 bits per heavy atom. The number of carbonyl (C=O) groups excluding carboxylic acids is 3. The van der Waals surface area contributed by atoms with E-state index in [1.54, 1.807) is 0 Å². The van der Waals surface area contributed by atoms with E-state index >= 15 is 0 Å². The summed E-state index contributed by atoms with van der Waals surface area (Å²) < 4.78 is 16.8. The molecule has 0 amide bonds. The quantitative estimate of drug-likeness (QED) is 0.0262. The summed E-state index contributed by atoms with van der Waals surface area (Å²) in [4.78, 5) is 38.1. The number of hydrogen-bond donors (Lipinski definition) is 0. The van der Waals surface area contributed by atoms with Gasteiger partial charge in [-0.1, -0.05) is 212 Å². The number of ether oxygens (including phenoxy) is 3. The molecule has 0 saturated carbocycles. The molecule has 0 saturated heterocycles. The molecule has 388 valence electrons. The SMILES string of the molecule is CC/C=C\C/C=C\C/C=C\C/C=C\C/C=C\CCCCCC(=O)OC[C@H](COC(=O)CCCCCCC/C=C\C/C=C\C/C=C\CC)OC(=O)CCC/C=C\C/C=C\C/C=C\CCCCCCCC. The van der Waals surface area contributed by atoms with Gasteiger partial charge in [-0.2, -0.15) is 0 Å². The van der Waals surface area contributed by atoms with Gasteiger partial charge in [-0.05, 0) is 128 Å². The number of rotatable bonds is 48. The average Bonchev–Trinajstić information content (AvgIpc) is 3.35. The van der Waals surface area contributed by atoms with E-state index < -0.39 is 6.10 Å². The van der Waals surface area contributed by atoms with Gasteiger partial charge in [0.2, 0.25) is 0 Å². The van der Waals surface area contributed by atoms with Crippen LogP contribution >= 0.6 is 0 Å². The first-order valence-electron chi connectivity index (χ1n) is 27.7. The lowest BCUT2D eigenvalue weighted by molar-refractivity contribution is -0.167. The summed E-state index contributed by atoms with van der Waals surface area (Å²) in [7, 11) is 0. The minimum atomic E-state index is -0.831. The van der Waals surface area contributed by atoms with Crippen molar-refractivity contribution >= 4 is 17.9 Å². The topological polar surface area (TPSA) is 78.9 Å². The molecule has 1 atom stereocenters. The summed E-state index contributed by atoms with van der Waals surface area (Å²) in [5.74, 6) is -1.03. The van der Waals surface area contributed by atoms with Gasteiger partial charge in [0.05, 0.1) is 0 Å². The van der Waals surface area contributed by atoms with Crippen LogP contribution in [-0.4, -0.2) is 37.2 Å².